The summed E-state index contributed by atoms with van der Waals surface area (Å²) in [4.78, 5) is 11.4. The number of cyclic esters (lactones) is 1. The van der Waals surface area contributed by atoms with Crippen molar-refractivity contribution in [3.05, 3.63) is 11.6 Å². The van der Waals surface area contributed by atoms with Gasteiger partial charge in [0, 0.05) is 5.92 Å². The van der Waals surface area contributed by atoms with Crippen LogP contribution in [0.25, 0.3) is 0 Å². The summed E-state index contributed by atoms with van der Waals surface area (Å²) in [5, 5.41) is 0. The van der Waals surface area contributed by atoms with Crippen molar-refractivity contribution in [2.24, 2.45) is 11.8 Å². The van der Waals surface area contributed by atoms with Crippen LogP contribution in [0.2, 0.25) is 0 Å². The monoisotopic (exact) mass is 180 g/mol. The van der Waals surface area contributed by atoms with Crippen LogP contribution in [0.3, 0.4) is 0 Å². The first kappa shape index (κ1) is 8.79. The Morgan fingerprint density at radius 2 is 2.38 bits per heavy atom. The average molecular weight is 180 g/mol. The third-order valence-corrected chi connectivity index (χ3v) is 3.34. The maximum atomic E-state index is 11.4. The van der Waals surface area contributed by atoms with Crippen molar-refractivity contribution in [1.82, 2.24) is 0 Å². The Morgan fingerprint density at radius 3 is 3.08 bits per heavy atom. The summed E-state index contributed by atoms with van der Waals surface area (Å²) >= 11 is 0. The summed E-state index contributed by atoms with van der Waals surface area (Å²) in [6.45, 7) is 4.19. The van der Waals surface area contributed by atoms with Crippen molar-refractivity contribution in [1.29, 1.82) is 0 Å². The highest BCUT2D eigenvalue weighted by atomic mass is 16.6. The highest BCUT2D eigenvalue weighted by Gasteiger charge is 2.43. The number of carbonyl (C=O) groups excluding carboxylic acids is 1. The van der Waals surface area contributed by atoms with Crippen molar-refractivity contribution in [2.75, 3.05) is 0 Å². The highest BCUT2D eigenvalue weighted by Crippen LogP contribution is 2.39. The molecule has 0 aromatic rings. The molecule has 1 aliphatic carbocycles. The van der Waals surface area contributed by atoms with E-state index in [2.05, 4.69) is 13.0 Å². The van der Waals surface area contributed by atoms with Crippen LogP contribution in [0.4, 0.5) is 0 Å². The van der Waals surface area contributed by atoms with E-state index in [9.17, 15) is 4.79 Å². The molecule has 1 saturated heterocycles. The number of esters is 1. The summed E-state index contributed by atoms with van der Waals surface area (Å²) < 4.78 is 5.23. The SMILES string of the molecule is CCC1=CC[C@@H]2C(=O)O[C@@H](C)[C@@H]2C1. The molecule has 0 saturated carbocycles. The molecule has 3 atom stereocenters. The molecule has 0 spiro atoms. The molecule has 1 heterocycles. The Hall–Kier alpha value is -0.790. The Labute approximate surface area is 79.0 Å². The van der Waals surface area contributed by atoms with Crippen LogP contribution in [0.15, 0.2) is 11.6 Å². The molecule has 0 radical (unpaired) electrons. The fraction of sp³-hybridized carbons (Fsp3) is 0.727. The molecule has 2 nitrogen and oxygen atoms in total. The van der Waals surface area contributed by atoms with Crippen molar-refractivity contribution in [3.63, 3.8) is 0 Å². The number of fused-ring (bicyclic) bond motifs is 1. The van der Waals surface area contributed by atoms with Gasteiger partial charge in [-0.1, -0.05) is 18.6 Å². The van der Waals surface area contributed by atoms with Gasteiger partial charge < -0.3 is 4.74 Å². The molecule has 0 bridgehead atoms. The molecule has 1 fully saturated rings. The maximum absolute atomic E-state index is 11.4. The first-order chi connectivity index (χ1) is 6.22. The third kappa shape index (κ3) is 1.38. The highest BCUT2D eigenvalue weighted by molar-refractivity contribution is 5.75. The van der Waals surface area contributed by atoms with Gasteiger partial charge in [0.1, 0.15) is 6.10 Å². The van der Waals surface area contributed by atoms with Gasteiger partial charge in [-0.2, -0.15) is 0 Å². The summed E-state index contributed by atoms with van der Waals surface area (Å²) in [7, 11) is 0. The molecular formula is C11H16O2. The molecule has 0 unspecified atom stereocenters. The van der Waals surface area contributed by atoms with Gasteiger partial charge in [-0.15, -0.1) is 0 Å². The van der Waals surface area contributed by atoms with E-state index < -0.39 is 0 Å². The molecule has 1 aliphatic heterocycles. The van der Waals surface area contributed by atoms with Crippen molar-refractivity contribution < 1.29 is 9.53 Å². The first-order valence-electron chi connectivity index (χ1n) is 5.10. The topological polar surface area (TPSA) is 26.3 Å². The van der Waals surface area contributed by atoms with Gasteiger partial charge in [0.05, 0.1) is 5.92 Å². The summed E-state index contributed by atoms with van der Waals surface area (Å²) in [6.07, 6.45) is 5.43. The Balaban J connectivity index is 2.16. The number of rotatable bonds is 1. The molecular weight excluding hydrogens is 164 g/mol. The van der Waals surface area contributed by atoms with Crippen LogP contribution in [-0.4, -0.2) is 12.1 Å². The molecule has 2 aliphatic rings. The molecule has 0 N–H and O–H groups in total. The van der Waals surface area contributed by atoms with Gasteiger partial charge in [-0.3, -0.25) is 4.79 Å². The summed E-state index contributed by atoms with van der Waals surface area (Å²) in [6, 6.07) is 0. The smallest absolute Gasteiger partial charge is 0.309 e. The van der Waals surface area contributed by atoms with Gasteiger partial charge in [0.15, 0.2) is 0 Å². The zero-order valence-electron chi connectivity index (χ0n) is 8.25. The van der Waals surface area contributed by atoms with Crippen molar-refractivity contribution in [2.45, 2.75) is 39.2 Å². The van der Waals surface area contributed by atoms with E-state index in [1.54, 1.807) is 0 Å². The van der Waals surface area contributed by atoms with Gasteiger partial charge in [-0.25, -0.2) is 0 Å². The van der Waals surface area contributed by atoms with Crippen LogP contribution in [0.5, 0.6) is 0 Å². The number of ether oxygens (including phenoxy) is 1. The normalized spacial score (nSPS) is 38.2. The molecule has 13 heavy (non-hydrogen) atoms. The largest absolute Gasteiger partial charge is 0.462 e. The lowest BCUT2D eigenvalue weighted by atomic mass is 9.78. The van der Waals surface area contributed by atoms with Crippen LogP contribution in [-0.2, 0) is 9.53 Å². The van der Waals surface area contributed by atoms with Crippen LogP contribution in [0, 0.1) is 11.8 Å². The Bertz CT molecular complexity index is 255. The van der Waals surface area contributed by atoms with Gasteiger partial charge in [0.2, 0.25) is 0 Å². The van der Waals surface area contributed by atoms with Crippen LogP contribution < -0.4 is 0 Å². The lowest BCUT2D eigenvalue weighted by Crippen LogP contribution is -2.22. The fourth-order valence-corrected chi connectivity index (χ4v) is 2.41. The molecule has 2 rings (SSSR count). The van der Waals surface area contributed by atoms with E-state index in [0.29, 0.717) is 5.92 Å². The number of hydrogen-bond donors (Lipinski definition) is 0. The predicted molar refractivity (Wildman–Crippen MR) is 50.1 cm³/mol. The summed E-state index contributed by atoms with van der Waals surface area (Å²) in [5.41, 5.74) is 1.49. The third-order valence-electron chi connectivity index (χ3n) is 3.34. The van der Waals surface area contributed by atoms with E-state index in [1.165, 1.54) is 5.57 Å². The zero-order valence-corrected chi connectivity index (χ0v) is 8.25. The van der Waals surface area contributed by atoms with E-state index in [1.807, 2.05) is 6.92 Å². The van der Waals surface area contributed by atoms with Crippen molar-refractivity contribution in [3.8, 4) is 0 Å². The van der Waals surface area contributed by atoms with Crippen LogP contribution >= 0.6 is 0 Å². The maximum Gasteiger partial charge on any atom is 0.309 e. The molecule has 72 valence electrons. The molecule has 0 aromatic heterocycles. The van der Waals surface area contributed by atoms with Gasteiger partial charge >= 0.3 is 5.97 Å². The van der Waals surface area contributed by atoms with E-state index in [4.69, 9.17) is 4.74 Å². The minimum Gasteiger partial charge on any atom is -0.462 e. The van der Waals surface area contributed by atoms with Crippen LogP contribution in [0.1, 0.15) is 33.1 Å². The second-order valence-corrected chi connectivity index (χ2v) is 4.07. The molecule has 0 aromatic carbocycles. The fourth-order valence-electron chi connectivity index (χ4n) is 2.41. The number of allylic oxidation sites excluding steroid dienone is 2. The van der Waals surface area contributed by atoms with Gasteiger partial charge in [-0.05, 0) is 26.2 Å². The standard InChI is InChI=1S/C11H16O2/c1-3-8-4-5-9-10(6-8)7(2)13-11(9)12/h4,7,9-10H,3,5-6H2,1-2H3/t7-,9-,10-/m0/s1. The number of hydrogen-bond acceptors (Lipinski definition) is 2. The molecule has 0 amide bonds. The second-order valence-electron chi connectivity index (χ2n) is 4.07. The van der Waals surface area contributed by atoms with Crippen molar-refractivity contribution >= 4 is 5.97 Å². The zero-order chi connectivity index (χ0) is 9.42. The Morgan fingerprint density at radius 1 is 1.62 bits per heavy atom. The minimum absolute atomic E-state index is 0.0175. The Kier molecular flexibility index (Phi) is 2.14. The first-order valence-corrected chi connectivity index (χ1v) is 5.10. The minimum atomic E-state index is 0.0175. The quantitative estimate of drug-likeness (QED) is 0.457. The van der Waals surface area contributed by atoms with E-state index in [0.717, 1.165) is 19.3 Å². The lowest BCUT2D eigenvalue weighted by molar-refractivity contribution is -0.143. The average Bonchev–Trinajstić information content (AvgIpc) is 2.42. The second kappa shape index (κ2) is 3.17. The summed E-state index contributed by atoms with van der Waals surface area (Å²) in [5.74, 6) is 0.627. The molecule has 2 heteroatoms. The van der Waals surface area contributed by atoms with Gasteiger partial charge in [0.25, 0.3) is 0 Å². The van der Waals surface area contributed by atoms with E-state index >= 15 is 0 Å². The van der Waals surface area contributed by atoms with E-state index in [-0.39, 0.29) is 18.0 Å². The lowest BCUT2D eigenvalue weighted by Gasteiger charge is -2.23. The predicted octanol–water partition coefficient (Wildman–Crippen LogP) is 2.29. The number of carbonyl (C=O) groups is 1.